The largest absolute Gasteiger partial charge is 0.492 e. The van der Waals surface area contributed by atoms with E-state index in [1.54, 1.807) is 24.3 Å². The van der Waals surface area contributed by atoms with Crippen molar-refractivity contribution in [2.24, 2.45) is 0 Å². The van der Waals surface area contributed by atoms with Crippen molar-refractivity contribution in [1.82, 2.24) is 4.72 Å². The topological polar surface area (TPSA) is 84.5 Å². The van der Waals surface area contributed by atoms with Crippen LogP contribution in [-0.2, 0) is 21.2 Å². The molecule has 2 rings (SSSR count). The standard InChI is InChI=1S/C18H22N2O4S/c1-3-24-17-7-5-4-6-16(17)20-18(21)13-10-14-8-11-15(12-9-14)25(22,23)19-2/h4-9,11-12,19H,3,10,13H2,1-2H3,(H,20,21). The maximum Gasteiger partial charge on any atom is 0.240 e. The molecule has 0 aliphatic heterocycles. The van der Waals surface area contributed by atoms with E-state index < -0.39 is 10.0 Å². The third-order valence-electron chi connectivity index (χ3n) is 3.60. The molecule has 0 radical (unpaired) electrons. The minimum absolute atomic E-state index is 0.126. The van der Waals surface area contributed by atoms with Crippen LogP contribution in [-0.4, -0.2) is 28.0 Å². The van der Waals surface area contributed by atoms with Crippen LogP contribution in [0.1, 0.15) is 18.9 Å². The molecule has 0 heterocycles. The van der Waals surface area contributed by atoms with Gasteiger partial charge in [-0.3, -0.25) is 4.79 Å². The fourth-order valence-electron chi connectivity index (χ4n) is 2.27. The Morgan fingerprint density at radius 1 is 1.08 bits per heavy atom. The van der Waals surface area contributed by atoms with Crippen molar-refractivity contribution >= 4 is 21.6 Å². The van der Waals surface area contributed by atoms with E-state index in [-0.39, 0.29) is 10.8 Å². The van der Waals surface area contributed by atoms with Crippen molar-refractivity contribution in [2.75, 3.05) is 19.0 Å². The summed E-state index contributed by atoms with van der Waals surface area (Å²) in [5.41, 5.74) is 1.54. The number of aryl methyl sites for hydroxylation is 1. The van der Waals surface area contributed by atoms with E-state index in [9.17, 15) is 13.2 Å². The second-order valence-electron chi connectivity index (χ2n) is 5.33. The molecule has 25 heavy (non-hydrogen) atoms. The number of carbonyl (C=O) groups is 1. The minimum Gasteiger partial charge on any atom is -0.492 e. The second kappa shape index (κ2) is 8.64. The summed E-state index contributed by atoms with van der Waals surface area (Å²) < 4.78 is 31.1. The molecule has 0 aliphatic carbocycles. The van der Waals surface area contributed by atoms with Crippen molar-refractivity contribution in [3.8, 4) is 5.75 Å². The Kier molecular flexibility index (Phi) is 6.55. The highest BCUT2D eigenvalue weighted by molar-refractivity contribution is 7.89. The molecule has 0 aliphatic rings. The van der Waals surface area contributed by atoms with Gasteiger partial charge >= 0.3 is 0 Å². The Bertz CT molecular complexity index is 817. The normalized spacial score (nSPS) is 11.1. The molecule has 0 bridgehead atoms. The summed E-state index contributed by atoms with van der Waals surface area (Å²) in [7, 11) is -2.07. The van der Waals surface area contributed by atoms with E-state index in [2.05, 4.69) is 10.0 Å². The average Bonchev–Trinajstić information content (AvgIpc) is 2.62. The van der Waals surface area contributed by atoms with E-state index in [4.69, 9.17) is 4.74 Å². The summed E-state index contributed by atoms with van der Waals surface area (Å²) in [5, 5.41) is 2.84. The van der Waals surface area contributed by atoms with Crippen LogP contribution in [0, 0.1) is 0 Å². The fourth-order valence-corrected chi connectivity index (χ4v) is 3.01. The smallest absolute Gasteiger partial charge is 0.240 e. The zero-order chi connectivity index (χ0) is 18.3. The third kappa shape index (κ3) is 5.30. The average molecular weight is 362 g/mol. The summed E-state index contributed by atoms with van der Waals surface area (Å²) >= 11 is 0. The van der Waals surface area contributed by atoms with Gasteiger partial charge in [-0.05, 0) is 50.2 Å². The summed E-state index contributed by atoms with van der Waals surface area (Å²) in [6, 6.07) is 13.8. The number of ether oxygens (including phenoxy) is 1. The Balaban J connectivity index is 1.94. The van der Waals surface area contributed by atoms with E-state index in [0.29, 0.717) is 30.9 Å². The second-order valence-corrected chi connectivity index (χ2v) is 7.22. The number of anilines is 1. The minimum atomic E-state index is -3.44. The first-order chi connectivity index (χ1) is 12.0. The number of rotatable bonds is 8. The molecule has 0 saturated carbocycles. The molecule has 2 N–H and O–H groups in total. The van der Waals surface area contributed by atoms with E-state index in [1.807, 2.05) is 19.1 Å². The van der Waals surface area contributed by atoms with Gasteiger partial charge in [0.1, 0.15) is 5.75 Å². The zero-order valence-corrected chi connectivity index (χ0v) is 15.1. The van der Waals surface area contributed by atoms with Gasteiger partial charge in [-0.2, -0.15) is 0 Å². The molecule has 0 saturated heterocycles. The molecule has 6 nitrogen and oxygen atoms in total. The fraction of sp³-hybridized carbons (Fsp3) is 0.278. The first-order valence-corrected chi connectivity index (χ1v) is 9.48. The third-order valence-corrected chi connectivity index (χ3v) is 5.03. The van der Waals surface area contributed by atoms with E-state index in [1.165, 1.54) is 19.2 Å². The quantitative estimate of drug-likeness (QED) is 0.756. The summed E-state index contributed by atoms with van der Waals surface area (Å²) in [4.78, 5) is 12.3. The lowest BCUT2D eigenvalue weighted by Gasteiger charge is -2.11. The van der Waals surface area contributed by atoms with Crippen LogP contribution in [0.15, 0.2) is 53.4 Å². The highest BCUT2D eigenvalue weighted by atomic mass is 32.2. The van der Waals surface area contributed by atoms with Gasteiger partial charge in [0.15, 0.2) is 0 Å². The molecule has 7 heteroatoms. The SMILES string of the molecule is CCOc1ccccc1NC(=O)CCc1ccc(S(=O)(=O)NC)cc1. The van der Waals surface area contributed by atoms with Gasteiger partial charge in [-0.1, -0.05) is 24.3 Å². The van der Waals surface area contributed by atoms with Crippen LogP contribution in [0.2, 0.25) is 0 Å². The van der Waals surface area contributed by atoms with Crippen molar-refractivity contribution in [1.29, 1.82) is 0 Å². The van der Waals surface area contributed by atoms with Crippen LogP contribution >= 0.6 is 0 Å². The molecular weight excluding hydrogens is 340 g/mol. The lowest BCUT2D eigenvalue weighted by molar-refractivity contribution is -0.116. The van der Waals surface area contributed by atoms with Crippen molar-refractivity contribution < 1.29 is 17.9 Å². The van der Waals surface area contributed by atoms with Crippen LogP contribution in [0.4, 0.5) is 5.69 Å². The number of amides is 1. The summed E-state index contributed by atoms with van der Waals surface area (Å²) in [6.45, 7) is 2.41. The van der Waals surface area contributed by atoms with Crippen LogP contribution < -0.4 is 14.8 Å². The molecule has 1 amide bonds. The van der Waals surface area contributed by atoms with Gasteiger partial charge in [0.2, 0.25) is 15.9 Å². The summed E-state index contributed by atoms with van der Waals surface area (Å²) in [6.07, 6.45) is 0.807. The van der Waals surface area contributed by atoms with Crippen molar-refractivity contribution in [2.45, 2.75) is 24.7 Å². The van der Waals surface area contributed by atoms with Crippen LogP contribution in [0.3, 0.4) is 0 Å². The number of nitrogens with one attached hydrogen (secondary N) is 2. The van der Waals surface area contributed by atoms with Gasteiger partial charge in [-0.25, -0.2) is 13.1 Å². The Morgan fingerprint density at radius 3 is 2.40 bits per heavy atom. The van der Waals surface area contributed by atoms with Gasteiger partial charge in [0, 0.05) is 6.42 Å². The molecule has 0 fully saturated rings. The number of hydrogen-bond donors (Lipinski definition) is 2. The van der Waals surface area contributed by atoms with Gasteiger partial charge in [0.05, 0.1) is 17.2 Å². The predicted molar refractivity (Wildman–Crippen MR) is 97.2 cm³/mol. The van der Waals surface area contributed by atoms with Crippen molar-refractivity contribution in [3.05, 3.63) is 54.1 Å². The molecule has 134 valence electrons. The maximum absolute atomic E-state index is 12.1. The first-order valence-electron chi connectivity index (χ1n) is 8.00. The first kappa shape index (κ1) is 19.0. The molecule has 2 aromatic rings. The number of benzene rings is 2. The van der Waals surface area contributed by atoms with Gasteiger partial charge in [-0.15, -0.1) is 0 Å². The Morgan fingerprint density at radius 2 is 1.76 bits per heavy atom. The lowest BCUT2D eigenvalue weighted by atomic mass is 10.1. The zero-order valence-electron chi connectivity index (χ0n) is 14.3. The molecule has 2 aromatic carbocycles. The highest BCUT2D eigenvalue weighted by Gasteiger charge is 2.11. The predicted octanol–water partition coefficient (Wildman–Crippen LogP) is 2.56. The van der Waals surface area contributed by atoms with Crippen molar-refractivity contribution in [3.63, 3.8) is 0 Å². The van der Waals surface area contributed by atoms with Gasteiger partial charge < -0.3 is 10.1 Å². The number of hydrogen-bond acceptors (Lipinski definition) is 4. The number of carbonyl (C=O) groups excluding carboxylic acids is 1. The van der Waals surface area contributed by atoms with Gasteiger partial charge in [0.25, 0.3) is 0 Å². The van der Waals surface area contributed by atoms with E-state index in [0.717, 1.165) is 5.56 Å². The summed E-state index contributed by atoms with van der Waals surface area (Å²) in [5.74, 6) is 0.513. The van der Waals surface area contributed by atoms with E-state index >= 15 is 0 Å². The molecule has 0 aromatic heterocycles. The lowest BCUT2D eigenvalue weighted by Crippen LogP contribution is -2.18. The molecule has 0 spiro atoms. The Labute approximate surface area is 148 Å². The highest BCUT2D eigenvalue weighted by Crippen LogP contribution is 2.24. The molecule has 0 unspecified atom stereocenters. The number of para-hydroxylation sites is 2. The van der Waals surface area contributed by atoms with Crippen LogP contribution in [0.25, 0.3) is 0 Å². The Hall–Kier alpha value is -2.38. The molecule has 0 atom stereocenters. The monoisotopic (exact) mass is 362 g/mol. The number of sulfonamides is 1. The van der Waals surface area contributed by atoms with Crippen LogP contribution in [0.5, 0.6) is 5.75 Å². The molecular formula is C18H22N2O4S. The maximum atomic E-state index is 12.1.